The van der Waals surface area contributed by atoms with Gasteiger partial charge in [-0.2, -0.15) is 0 Å². The summed E-state index contributed by atoms with van der Waals surface area (Å²) in [6, 6.07) is 11.0. The molecule has 0 N–H and O–H groups in total. The van der Waals surface area contributed by atoms with Crippen LogP contribution in [0.5, 0.6) is 0 Å². The Labute approximate surface area is 117 Å². The maximum atomic E-state index is 13.2. The normalized spacial score (nSPS) is 13.2. The largest absolute Gasteiger partial charge is 0.204 e. The van der Waals surface area contributed by atoms with Crippen molar-refractivity contribution >= 4 is 11.6 Å². The van der Waals surface area contributed by atoms with Gasteiger partial charge in [-0.1, -0.05) is 43.7 Å². The average Bonchev–Trinajstić information content (AvgIpc) is 2.83. The maximum Gasteiger partial charge on any atom is 0.159 e. The molecule has 0 saturated carbocycles. The molecule has 3 rings (SSSR count). The molecule has 0 amide bonds. The van der Waals surface area contributed by atoms with E-state index in [-0.39, 0.29) is 0 Å². The fourth-order valence-corrected chi connectivity index (χ4v) is 2.69. The summed E-state index contributed by atoms with van der Waals surface area (Å²) >= 11 is 0. The van der Waals surface area contributed by atoms with E-state index in [9.17, 15) is 8.78 Å². The number of halogens is 2. The van der Waals surface area contributed by atoms with Crippen molar-refractivity contribution in [1.29, 1.82) is 0 Å². The van der Waals surface area contributed by atoms with E-state index in [0.717, 1.165) is 35.1 Å². The monoisotopic (exact) mass is 270 g/mol. The van der Waals surface area contributed by atoms with Crippen LogP contribution in [-0.4, -0.2) is 0 Å². The first-order chi connectivity index (χ1) is 9.67. The van der Waals surface area contributed by atoms with Crippen LogP contribution < -0.4 is 0 Å². The van der Waals surface area contributed by atoms with Gasteiger partial charge in [0.05, 0.1) is 0 Å². The van der Waals surface area contributed by atoms with Gasteiger partial charge in [0.25, 0.3) is 0 Å². The Morgan fingerprint density at radius 2 is 1.70 bits per heavy atom. The van der Waals surface area contributed by atoms with E-state index < -0.39 is 11.6 Å². The summed E-state index contributed by atoms with van der Waals surface area (Å²) in [5.74, 6) is -1.55. The van der Waals surface area contributed by atoms with Crippen molar-refractivity contribution < 1.29 is 8.78 Å². The molecule has 0 nitrogen and oxygen atoms in total. The lowest BCUT2D eigenvalue weighted by Gasteiger charge is -2.04. The van der Waals surface area contributed by atoms with E-state index in [1.54, 1.807) is 0 Å². The summed E-state index contributed by atoms with van der Waals surface area (Å²) in [4.78, 5) is 0. The molecule has 0 saturated heterocycles. The fourth-order valence-electron chi connectivity index (χ4n) is 2.69. The zero-order valence-corrected chi connectivity index (χ0v) is 11.4. The van der Waals surface area contributed by atoms with Gasteiger partial charge in [0.15, 0.2) is 11.6 Å². The highest BCUT2D eigenvalue weighted by Crippen LogP contribution is 2.32. The predicted molar refractivity (Wildman–Crippen MR) is 78.4 cm³/mol. The van der Waals surface area contributed by atoms with E-state index in [4.69, 9.17) is 0 Å². The number of hydrogen-bond donors (Lipinski definition) is 0. The van der Waals surface area contributed by atoms with Gasteiger partial charge >= 0.3 is 0 Å². The van der Waals surface area contributed by atoms with Crippen LogP contribution in [0.4, 0.5) is 8.78 Å². The summed E-state index contributed by atoms with van der Waals surface area (Å²) < 4.78 is 26.5. The first kappa shape index (κ1) is 13.0. The molecule has 102 valence electrons. The molecule has 0 aliphatic heterocycles. The summed E-state index contributed by atoms with van der Waals surface area (Å²) in [5, 5.41) is 0. The highest BCUT2D eigenvalue weighted by atomic mass is 19.2. The Morgan fingerprint density at radius 1 is 1.00 bits per heavy atom. The molecular formula is C18H16F2. The zero-order chi connectivity index (χ0) is 14.1. The minimum Gasteiger partial charge on any atom is -0.204 e. The van der Waals surface area contributed by atoms with Crippen LogP contribution in [0.25, 0.3) is 11.6 Å². The van der Waals surface area contributed by atoms with Crippen molar-refractivity contribution in [2.24, 2.45) is 0 Å². The molecule has 0 spiro atoms. The van der Waals surface area contributed by atoms with E-state index in [1.807, 2.05) is 6.08 Å². The fraction of sp³-hybridized carbons (Fsp3) is 0.222. The van der Waals surface area contributed by atoms with Gasteiger partial charge in [0.2, 0.25) is 0 Å². The minimum absolute atomic E-state index is 0.666. The first-order valence-corrected chi connectivity index (χ1v) is 6.95. The average molecular weight is 270 g/mol. The van der Waals surface area contributed by atoms with Crippen LogP contribution in [0.15, 0.2) is 36.4 Å². The SMILES string of the molecule is CCCc1ccc(C2=Cc3cc(F)c(F)cc3C2)cc1. The van der Waals surface area contributed by atoms with Crippen LogP contribution in [0.1, 0.15) is 35.6 Å². The zero-order valence-electron chi connectivity index (χ0n) is 11.4. The standard InChI is InChI=1S/C18H16F2/c1-2-3-12-4-6-13(7-5-12)14-8-15-10-17(19)18(20)11-16(15)9-14/h4-8,10-11H,2-3,9H2,1H3. The van der Waals surface area contributed by atoms with E-state index in [0.29, 0.717) is 6.42 Å². The molecule has 1 aliphatic carbocycles. The molecule has 2 aromatic carbocycles. The van der Waals surface area contributed by atoms with Crippen molar-refractivity contribution in [3.63, 3.8) is 0 Å². The summed E-state index contributed by atoms with van der Waals surface area (Å²) in [6.45, 7) is 2.16. The van der Waals surface area contributed by atoms with Gasteiger partial charge < -0.3 is 0 Å². The van der Waals surface area contributed by atoms with Crippen molar-refractivity contribution in [2.45, 2.75) is 26.2 Å². The third-order valence-corrected chi connectivity index (χ3v) is 3.76. The summed E-state index contributed by atoms with van der Waals surface area (Å²) in [6.07, 6.45) is 4.83. The van der Waals surface area contributed by atoms with Gasteiger partial charge in [-0.05, 0) is 52.8 Å². The third kappa shape index (κ3) is 2.38. The van der Waals surface area contributed by atoms with Crippen LogP contribution >= 0.6 is 0 Å². The molecule has 0 heterocycles. The first-order valence-electron chi connectivity index (χ1n) is 6.95. The second-order valence-electron chi connectivity index (χ2n) is 5.26. The smallest absolute Gasteiger partial charge is 0.159 e. The van der Waals surface area contributed by atoms with E-state index >= 15 is 0 Å². The van der Waals surface area contributed by atoms with Crippen LogP contribution in [0, 0.1) is 11.6 Å². The number of allylic oxidation sites excluding steroid dienone is 1. The molecule has 0 radical (unpaired) electrons. The lowest BCUT2D eigenvalue weighted by Crippen LogP contribution is -1.91. The van der Waals surface area contributed by atoms with Crippen LogP contribution in [0.3, 0.4) is 0 Å². The molecule has 0 aromatic heterocycles. The van der Waals surface area contributed by atoms with E-state index in [1.165, 1.54) is 17.7 Å². The third-order valence-electron chi connectivity index (χ3n) is 3.76. The van der Waals surface area contributed by atoms with Crippen molar-refractivity contribution in [2.75, 3.05) is 0 Å². The topological polar surface area (TPSA) is 0 Å². The summed E-state index contributed by atoms with van der Waals surface area (Å²) in [5.41, 5.74) is 5.22. The molecule has 0 bridgehead atoms. The Balaban J connectivity index is 1.88. The highest BCUT2D eigenvalue weighted by Gasteiger charge is 2.17. The van der Waals surface area contributed by atoms with Crippen LogP contribution in [-0.2, 0) is 12.8 Å². The van der Waals surface area contributed by atoms with Crippen molar-refractivity contribution in [1.82, 2.24) is 0 Å². The number of hydrogen-bond acceptors (Lipinski definition) is 0. The molecule has 20 heavy (non-hydrogen) atoms. The van der Waals surface area contributed by atoms with E-state index in [2.05, 4.69) is 31.2 Å². The molecule has 0 unspecified atom stereocenters. The van der Waals surface area contributed by atoms with Gasteiger partial charge in [-0.3, -0.25) is 0 Å². The molecule has 0 atom stereocenters. The number of rotatable bonds is 3. The molecule has 2 aromatic rings. The number of aryl methyl sites for hydroxylation is 1. The van der Waals surface area contributed by atoms with Crippen LogP contribution in [0.2, 0.25) is 0 Å². The lowest BCUT2D eigenvalue weighted by molar-refractivity contribution is 0.507. The van der Waals surface area contributed by atoms with Gasteiger partial charge in [0.1, 0.15) is 0 Å². The van der Waals surface area contributed by atoms with Crippen molar-refractivity contribution in [3.05, 3.63) is 70.3 Å². The summed E-state index contributed by atoms with van der Waals surface area (Å²) in [7, 11) is 0. The molecule has 1 aliphatic rings. The molecule has 2 heteroatoms. The second kappa shape index (κ2) is 5.20. The number of benzene rings is 2. The Hall–Kier alpha value is -1.96. The Bertz CT molecular complexity index is 667. The molecule has 0 fully saturated rings. The van der Waals surface area contributed by atoms with Gasteiger partial charge in [-0.15, -0.1) is 0 Å². The Kier molecular flexibility index (Phi) is 3.39. The predicted octanol–water partition coefficient (Wildman–Crippen LogP) is 5.01. The molecular weight excluding hydrogens is 254 g/mol. The second-order valence-corrected chi connectivity index (χ2v) is 5.26. The number of fused-ring (bicyclic) bond motifs is 1. The Morgan fingerprint density at radius 3 is 2.40 bits per heavy atom. The lowest BCUT2D eigenvalue weighted by atomic mass is 10.0. The van der Waals surface area contributed by atoms with Crippen molar-refractivity contribution in [3.8, 4) is 0 Å². The highest BCUT2D eigenvalue weighted by molar-refractivity contribution is 5.88. The minimum atomic E-state index is -0.778. The van der Waals surface area contributed by atoms with Gasteiger partial charge in [-0.25, -0.2) is 8.78 Å². The van der Waals surface area contributed by atoms with Gasteiger partial charge in [0, 0.05) is 0 Å². The quantitative estimate of drug-likeness (QED) is 0.735. The maximum absolute atomic E-state index is 13.2.